The fraction of sp³-hybridized carbons (Fsp3) is 0.200. The van der Waals surface area contributed by atoms with Crippen LogP contribution in [0.1, 0.15) is 5.01 Å². The molecule has 0 bridgehead atoms. The lowest BCUT2D eigenvalue weighted by Gasteiger charge is -2.12. The van der Waals surface area contributed by atoms with E-state index in [0.29, 0.717) is 16.7 Å². The van der Waals surface area contributed by atoms with Crippen LogP contribution in [0, 0.1) is 5.82 Å². The van der Waals surface area contributed by atoms with Gasteiger partial charge in [0.25, 0.3) is 0 Å². The van der Waals surface area contributed by atoms with Crippen molar-refractivity contribution in [1.82, 2.24) is 9.51 Å². The van der Waals surface area contributed by atoms with Gasteiger partial charge in [0.15, 0.2) is 5.96 Å². The summed E-state index contributed by atoms with van der Waals surface area (Å²) in [5.74, 6) is 0.00814. The van der Waals surface area contributed by atoms with Crippen LogP contribution < -0.4 is 10.6 Å². The molecule has 0 aliphatic carbocycles. The highest BCUT2D eigenvalue weighted by Gasteiger charge is 2.16. The van der Waals surface area contributed by atoms with Crippen molar-refractivity contribution < 1.29 is 17.3 Å². The molecule has 1 heterocycles. The van der Waals surface area contributed by atoms with E-state index >= 15 is 0 Å². The van der Waals surface area contributed by atoms with Crippen LogP contribution in [0.2, 0.25) is 0 Å². The molecule has 0 fully saturated rings. The Hall–Kier alpha value is -2.89. The van der Waals surface area contributed by atoms with Crippen molar-refractivity contribution in [1.29, 1.82) is 0 Å². The Balaban J connectivity index is 1.62. The van der Waals surface area contributed by atoms with Gasteiger partial charge in [-0.05, 0) is 34.4 Å². The summed E-state index contributed by atoms with van der Waals surface area (Å²) >= 11 is 1.37. The number of benzene rings is 2. The molecule has 3 aromatic rings. The molecule has 31 heavy (non-hydrogen) atoms. The first kappa shape index (κ1) is 22.8. The zero-order valence-electron chi connectivity index (χ0n) is 16.8. The Labute approximate surface area is 183 Å². The van der Waals surface area contributed by atoms with E-state index in [-0.39, 0.29) is 23.3 Å². The molecule has 2 aromatic carbocycles. The molecular weight excluding hydrogens is 444 g/mol. The lowest BCUT2D eigenvalue weighted by molar-refractivity contribution is 0.142. The molecule has 11 heteroatoms. The van der Waals surface area contributed by atoms with Gasteiger partial charge in [0.1, 0.15) is 5.82 Å². The standard InChI is InChI=1S/C20H21F2N5O2S2/c1-23-20(26-17-6-4-3-5-16(17)21)25-15-9-7-14(8-10-15)18-13-24-19(30-18)11-12-27(22)31(2,28)29/h3-10,13H,11-12H2,1-2H3,(H2,23,25,26). The largest absolute Gasteiger partial charge is 0.326 e. The van der Waals surface area contributed by atoms with Gasteiger partial charge in [-0.15, -0.1) is 15.8 Å². The molecule has 2 N–H and O–H groups in total. The van der Waals surface area contributed by atoms with Crippen LogP contribution in [0.25, 0.3) is 10.4 Å². The Morgan fingerprint density at radius 1 is 1.16 bits per heavy atom. The van der Waals surface area contributed by atoms with Crippen LogP contribution in [-0.2, 0) is 16.4 Å². The fourth-order valence-corrected chi connectivity index (χ4v) is 3.93. The molecule has 1 aromatic heterocycles. The second-order valence-electron chi connectivity index (χ2n) is 6.52. The molecule has 0 spiro atoms. The number of hydrogen-bond acceptors (Lipinski definition) is 5. The first-order chi connectivity index (χ1) is 14.8. The first-order valence-electron chi connectivity index (χ1n) is 9.20. The van der Waals surface area contributed by atoms with E-state index in [9.17, 15) is 17.3 Å². The fourth-order valence-electron chi connectivity index (χ4n) is 2.60. The van der Waals surface area contributed by atoms with E-state index in [4.69, 9.17) is 0 Å². The van der Waals surface area contributed by atoms with Gasteiger partial charge in [-0.1, -0.05) is 24.3 Å². The lowest BCUT2D eigenvalue weighted by atomic mass is 10.2. The smallest absolute Gasteiger partial charge is 0.237 e. The van der Waals surface area contributed by atoms with Crippen LogP contribution in [0.5, 0.6) is 0 Å². The third-order valence-electron chi connectivity index (χ3n) is 4.20. The topological polar surface area (TPSA) is 86.7 Å². The van der Waals surface area contributed by atoms with Gasteiger partial charge in [-0.2, -0.15) is 0 Å². The summed E-state index contributed by atoms with van der Waals surface area (Å²) in [7, 11) is -2.27. The average Bonchev–Trinajstić information content (AvgIpc) is 3.22. The Kier molecular flexibility index (Phi) is 7.31. The monoisotopic (exact) mass is 465 g/mol. The maximum Gasteiger partial charge on any atom is 0.237 e. The summed E-state index contributed by atoms with van der Waals surface area (Å²) in [5, 5.41) is 6.64. The van der Waals surface area contributed by atoms with E-state index in [0.717, 1.165) is 22.4 Å². The van der Waals surface area contributed by atoms with Gasteiger partial charge in [0.05, 0.1) is 28.4 Å². The van der Waals surface area contributed by atoms with Crippen LogP contribution in [-0.4, -0.2) is 43.7 Å². The van der Waals surface area contributed by atoms with Crippen molar-refractivity contribution in [3.8, 4) is 10.4 Å². The van der Waals surface area contributed by atoms with E-state index in [1.54, 1.807) is 31.4 Å². The minimum atomic E-state index is -3.86. The van der Waals surface area contributed by atoms with E-state index in [2.05, 4.69) is 20.6 Å². The number of sulfonamides is 1. The van der Waals surface area contributed by atoms with Crippen LogP contribution in [0.15, 0.2) is 59.7 Å². The SMILES string of the molecule is CN=C(Nc1ccc(-c2cnc(CCN(F)S(C)(=O)=O)s2)cc1)Nc1ccccc1F. The molecule has 164 valence electrons. The number of guanidine groups is 1. The first-order valence-corrected chi connectivity index (χ1v) is 11.9. The van der Waals surface area contributed by atoms with Crippen molar-refractivity contribution in [2.45, 2.75) is 6.42 Å². The molecule has 0 aliphatic heterocycles. The Morgan fingerprint density at radius 2 is 1.87 bits per heavy atom. The summed E-state index contributed by atoms with van der Waals surface area (Å²) < 4.78 is 49.3. The van der Waals surface area contributed by atoms with E-state index < -0.39 is 10.0 Å². The number of hydrogen-bond donors (Lipinski definition) is 2. The molecule has 0 saturated carbocycles. The normalized spacial score (nSPS) is 12.2. The quantitative estimate of drug-likeness (QED) is 0.311. The molecule has 0 radical (unpaired) electrons. The van der Waals surface area contributed by atoms with Crippen LogP contribution in [0.3, 0.4) is 0 Å². The van der Waals surface area contributed by atoms with Crippen molar-refractivity contribution in [2.24, 2.45) is 4.99 Å². The van der Waals surface area contributed by atoms with Crippen molar-refractivity contribution in [3.63, 3.8) is 0 Å². The van der Waals surface area contributed by atoms with Crippen molar-refractivity contribution >= 4 is 38.7 Å². The molecular formula is C20H21F2N5O2S2. The van der Waals surface area contributed by atoms with Gasteiger partial charge in [0.2, 0.25) is 10.0 Å². The number of aromatic nitrogens is 1. The third-order valence-corrected chi connectivity index (χ3v) is 6.21. The number of nitrogens with zero attached hydrogens (tertiary/aromatic N) is 3. The van der Waals surface area contributed by atoms with Gasteiger partial charge in [-0.25, -0.2) is 17.8 Å². The number of aliphatic imine (C=N–C) groups is 1. The average molecular weight is 466 g/mol. The van der Waals surface area contributed by atoms with Gasteiger partial charge in [0, 0.05) is 25.4 Å². The summed E-state index contributed by atoms with van der Waals surface area (Å²) in [4.78, 5) is 9.21. The van der Waals surface area contributed by atoms with Crippen molar-refractivity contribution in [3.05, 3.63) is 65.6 Å². The van der Waals surface area contributed by atoms with Gasteiger partial charge >= 0.3 is 0 Å². The molecule has 7 nitrogen and oxygen atoms in total. The minimum Gasteiger partial charge on any atom is -0.326 e. The third kappa shape index (κ3) is 6.29. The number of nitrogens with one attached hydrogen (secondary N) is 2. The van der Waals surface area contributed by atoms with Gasteiger partial charge < -0.3 is 10.6 Å². The predicted molar refractivity (Wildman–Crippen MR) is 121 cm³/mol. The molecule has 0 amide bonds. The molecule has 0 unspecified atom stereocenters. The number of anilines is 2. The maximum absolute atomic E-state index is 13.8. The summed E-state index contributed by atoms with van der Waals surface area (Å²) in [6, 6.07) is 13.8. The predicted octanol–water partition coefficient (Wildman–Crippen LogP) is 4.15. The maximum atomic E-state index is 13.8. The van der Waals surface area contributed by atoms with Gasteiger partial charge in [-0.3, -0.25) is 4.99 Å². The lowest BCUT2D eigenvalue weighted by Crippen LogP contribution is -2.23. The van der Waals surface area contributed by atoms with Crippen molar-refractivity contribution in [2.75, 3.05) is 30.5 Å². The van der Waals surface area contributed by atoms with E-state index in [1.165, 1.54) is 17.4 Å². The van der Waals surface area contributed by atoms with E-state index in [1.807, 2.05) is 24.3 Å². The molecule has 0 saturated heterocycles. The number of rotatable bonds is 7. The highest BCUT2D eigenvalue weighted by atomic mass is 32.2. The highest BCUT2D eigenvalue weighted by Crippen LogP contribution is 2.28. The van der Waals surface area contributed by atoms with Crippen LogP contribution in [0.4, 0.5) is 20.2 Å². The zero-order valence-corrected chi connectivity index (χ0v) is 18.5. The summed E-state index contributed by atoms with van der Waals surface area (Å²) in [5.41, 5.74) is 1.97. The molecule has 0 atom stereocenters. The number of thiazole rings is 1. The second kappa shape index (κ2) is 9.94. The number of halogens is 2. The zero-order chi connectivity index (χ0) is 22.4. The second-order valence-corrected chi connectivity index (χ2v) is 9.50. The molecule has 0 aliphatic rings. The Bertz CT molecular complexity index is 1160. The summed E-state index contributed by atoms with van der Waals surface area (Å²) in [6.07, 6.45) is 2.67. The highest BCUT2D eigenvalue weighted by molar-refractivity contribution is 7.88. The van der Waals surface area contributed by atoms with Crippen LogP contribution >= 0.6 is 11.3 Å². The molecule has 3 rings (SSSR count). The minimum absolute atomic E-state index is 0.184. The number of para-hydroxylation sites is 1. The Morgan fingerprint density at radius 3 is 2.52 bits per heavy atom. The summed E-state index contributed by atoms with van der Waals surface area (Å²) in [6.45, 7) is -0.275.